The Labute approximate surface area is 151 Å². The second kappa shape index (κ2) is 11.5. The average molecular weight is 420 g/mol. The quantitative estimate of drug-likeness (QED) is 0.231. The third kappa shape index (κ3) is 6.83. The highest BCUT2D eigenvalue weighted by Gasteiger charge is 2.18. The van der Waals surface area contributed by atoms with Crippen LogP contribution in [0.5, 0.6) is 0 Å². The van der Waals surface area contributed by atoms with E-state index in [1.807, 2.05) is 39.4 Å². The van der Waals surface area contributed by atoms with E-state index in [1.54, 1.807) is 6.26 Å². The van der Waals surface area contributed by atoms with Crippen molar-refractivity contribution >= 4 is 29.9 Å². The van der Waals surface area contributed by atoms with Gasteiger partial charge in [0.05, 0.1) is 12.3 Å². The number of hydrogen-bond donors (Lipinski definition) is 1. The first-order valence-corrected chi connectivity index (χ1v) is 7.32. The maximum Gasteiger partial charge on any atom is 0.193 e. The lowest BCUT2D eigenvalue weighted by Crippen LogP contribution is -2.43. The van der Waals surface area contributed by atoms with E-state index in [4.69, 9.17) is 4.42 Å². The number of likely N-dealkylation sites (N-methyl/N-ethyl adjacent to an activating group) is 1. The molecule has 126 valence electrons. The van der Waals surface area contributed by atoms with Gasteiger partial charge in [-0.05, 0) is 39.1 Å². The van der Waals surface area contributed by atoms with E-state index in [2.05, 4.69) is 33.7 Å². The number of unbranched alkanes of at least 4 members (excludes halogenated alkanes) is 1. The fourth-order valence-electron chi connectivity index (χ4n) is 2.17. The smallest absolute Gasteiger partial charge is 0.193 e. The Morgan fingerprint density at radius 1 is 1.45 bits per heavy atom. The molecule has 1 rings (SSSR count). The third-order valence-corrected chi connectivity index (χ3v) is 3.42. The number of rotatable bonds is 8. The van der Waals surface area contributed by atoms with Gasteiger partial charge in [0.25, 0.3) is 0 Å². The molecule has 1 aromatic heterocycles. The van der Waals surface area contributed by atoms with Crippen LogP contribution in [-0.2, 0) is 0 Å². The molecule has 0 saturated carbocycles. The van der Waals surface area contributed by atoms with Crippen LogP contribution in [0, 0.1) is 0 Å². The largest absolute Gasteiger partial charge is 0.468 e. The number of furan rings is 1. The minimum absolute atomic E-state index is 0. The van der Waals surface area contributed by atoms with E-state index in [-0.39, 0.29) is 30.0 Å². The van der Waals surface area contributed by atoms with Gasteiger partial charge in [0.15, 0.2) is 5.96 Å². The van der Waals surface area contributed by atoms with Crippen molar-refractivity contribution in [2.45, 2.75) is 18.9 Å². The Morgan fingerprint density at radius 3 is 2.68 bits per heavy atom. The Balaban J connectivity index is 0.00000441. The second-order valence-corrected chi connectivity index (χ2v) is 5.28. The molecular formula is C16H29IN4O. The summed E-state index contributed by atoms with van der Waals surface area (Å²) in [6.45, 7) is 5.46. The summed E-state index contributed by atoms with van der Waals surface area (Å²) in [6, 6.07) is 4.10. The summed E-state index contributed by atoms with van der Waals surface area (Å²) in [6.07, 6.45) is 5.76. The van der Waals surface area contributed by atoms with Gasteiger partial charge in [-0.1, -0.05) is 6.08 Å². The van der Waals surface area contributed by atoms with Crippen LogP contribution in [0.1, 0.15) is 24.6 Å². The van der Waals surface area contributed by atoms with Crippen molar-refractivity contribution in [1.82, 2.24) is 15.1 Å². The molecule has 0 amide bonds. The number of nitrogens with zero attached hydrogens (tertiary/aromatic N) is 3. The summed E-state index contributed by atoms with van der Waals surface area (Å²) in [4.78, 5) is 8.61. The van der Waals surface area contributed by atoms with Gasteiger partial charge in [-0.25, -0.2) is 0 Å². The summed E-state index contributed by atoms with van der Waals surface area (Å²) in [7, 11) is 7.96. The number of halogens is 1. The van der Waals surface area contributed by atoms with E-state index in [9.17, 15) is 0 Å². The van der Waals surface area contributed by atoms with Gasteiger partial charge in [-0.3, -0.25) is 9.89 Å². The lowest BCUT2D eigenvalue weighted by Gasteiger charge is -2.27. The van der Waals surface area contributed by atoms with E-state index in [1.165, 1.54) is 0 Å². The van der Waals surface area contributed by atoms with Gasteiger partial charge in [-0.2, -0.15) is 0 Å². The van der Waals surface area contributed by atoms with Crippen LogP contribution >= 0.6 is 24.0 Å². The van der Waals surface area contributed by atoms with Crippen molar-refractivity contribution < 1.29 is 4.42 Å². The molecule has 0 radical (unpaired) electrons. The van der Waals surface area contributed by atoms with Crippen molar-refractivity contribution in [2.24, 2.45) is 4.99 Å². The number of aliphatic imine (C=N–C) groups is 1. The van der Waals surface area contributed by atoms with E-state index < -0.39 is 0 Å². The number of nitrogens with one attached hydrogen (secondary N) is 1. The number of guanidine groups is 1. The monoisotopic (exact) mass is 420 g/mol. The standard InChI is InChI=1S/C16H28N4O.HI/c1-6-7-8-11-20(5)16(17-2)18-13-14(19(3)4)15-10-9-12-21-15;/h6,9-10,12,14H,1,7-8,11,13H2,2-5H3,(H,17,18);1H. The third-order valence-electron chi connectivity index (χ3n) is 3.42. The zero-order valence-electron chi connectivity index (χ0n) is 14.1. The molecule has 1 aromatic rings. The van der Waals surface area contributed by atoms with Gasteiger partial charge in [0.2, 0.25) is 0 Å². The molecule has 0 fully saturated rings. The average Bonchev–Trinajstić information content (AvgIpc) is 2.97. The predicted molar refractivity (Wildman–Crippen MR) is 104 cm³/mol. The zero-order chi connectivity index (χ0) is 15.7. The van der Waals surface area contributed by atoms with E-state index >= 15 is 0 Å². The predicted octanol–water partition coefficient (Wildman–Crippen LogP) is 2.97. The van der Waals surface area contributed by atoms with Crippen LogP contribution in [0.3, 0.4) is 0 Å². The molecule has 22 heavy (non-hydrogen) atoms. The molecule has 0 aromatic carbocycles. The number of hydrogen-bond acceptors (Lipinski definition) is 3. The molecule has 1 unspecified atom stereocenters. The summed E-state index contributed by atoms with van der Waals surface area (Å²) in [5, 5.41) is 3.41. The number of allylic oxidation sites excluding steroid dienone is 1. The van der Waals surface area contributed by atoms with Gasteiger partial charge < -0.3 is 14.6 Å². The van der Waals surface area contributed by atoms with Gasteiger partial charge in [-0.15, -0.1) is 30.6 Å². The van der Waals surface area contributed by atoms with Crippen molar-refractivity contribution in [3.8, 4) is 0 Å². The fraction of sp³-hybridized carbons (Fsp3) is 0.562. The molecule has 5 nitrogen and oxygen atoms in total. The van der Waals surface area contributed by atoms with E-state index in [0.29, 0.717) is 0 Å². The molecule has 1 N–H and O–H groups in total. The van der Waals surface area contributed by atoms with Gasteiger partial charge in [0.1, 0.15) is 5.76 Å². The molecule has 6 heteroatoms. The minimum atomic E-state index is 0. The Bertz CT molecular complexity index is 431. The summed E-state index contributed by atoms with van der Waals surface area (Å²) < 4.78 is 5.52. The van der Waals surface area contributed by atoms with Crippen LogP contribution in [0.15, 0.2) is 40.5 Å². The van der Waals surface area contributed by atoms with Gasteiger partial charge >= 0.3 is 0 Å². The van der Waals surface area contributed by atoms with Crippen molar-refractivity contribution in [3.05, 3.63) is 36.8 Å². The molecule has 1 heterocycles. The maximum atomic E-state index is 5.52. The molecule has 0 aliphatic rings. The van der Waals surface area contributed by atoms with Crippen LogP contribution in [0.4, 0.5) is 0 Å². The highest BCUT2D eigenvalue weighted by Crippen LogP contribution is 2.17. The maximum absolute atomic E-state index is 5.52. The highest BCUT2D eigenvalue weighted by molar-refractivity contribution is 14.0. The first-order chi connectivity index (χ1) is 10.1. The molecule has 0 saturated heterocycles. The molecular weight excluding hydrogens is 391 g/mol. The Morgan fingerprint density at radius 2 is 2.18 bits per heavy atom. The van der Waals surface area contributed by atoms with Crippen molar-refractivity contribution in [3.63, 3.8) is 0 Å². The highest BCUT2D eigenvalue weighted by atomic mass is 127. The van der Waals surface area contributed by atoms with Crippen LogP contribution < -0.4 is 5.32 Å². The van der Waals surface area contributed by atoms with Crippen LogP contribution in [-0.4, -0.2) is 57.0 Å². The Hall–Kier alpha value is -1.02. The zero-order valence-corrected chi connectivity index (χ0v) is 16.4. The normalized spacial score (nSPS) is 12.7. The fourth-order valence-corrected chi connectivity index (χ4v) is 2.17. The molecule has 0 spiro atoms. The SMILES string of the molecule is C=CCCCN(C)C(=NC)NCC(c1ccco1)N(C)C.I. The van der Waals surface area contributed by atoms with Crippen LogP contribution in [0.25, 0.3) is 0 Å². The molecule has 1 atom stereocenters. The topological polar surface area (TPSA) is 44.0 Å². The first-order valence-electron chi connectivity index (χ1n) is 7.32. The lowest BCUT2D eigenvalue weighted by molar-refractivity contribution is 0.256. The first kappa shape index (κ1) is 21.0. The second-order valence-electron chi connectivity index (χ2n) is 5.28. The molecule has 0 aliphatic carbocycles. The minimum Gasteiger partial charge on any atom is -0.468 e. The van der Waals surface area contributed by atoms with Crippen molar-refractivity contribution in [1.29, 1.82) is 0 Å². The Kier molecular flexibility index (Phi) is 11.0. The van der Waals surface area contributed by atoms with Crippen LogP contribution in [0.2, 0.25) is 0 Å². The lowest BCUT2D eigenvalue weighted by atomic mass is 10.2. The summed E-state index contributed by atoms with van der Waals surface area (Å²) in [5.74, 6) is 1.86. The van der Waals surface area contributed by atoms with Crippen molar-refractivity contribution in [2.75, 3.05) is 41.3 Å². The van der Waals surface area contributed by atoms with Gasteiger partial charge in [0, 0.05) is 27.2 Å². The summed E-state index contributed by atoms with van der Waals surface area (Å²) >= 11 is 0. The molecule has 0 aliphatic heterocycles. The molecule has 0 bridgehead atoms. The summed E-state index contributed by atoms with van der Waals surface area (Å²) in [5.41, 5.74) is 0. The van der Waals surface area contributed by atoms with E-state index in [0.717, 1.165) is 37.7 Å².